The van der Waals surface area contributed by atoms with E-state index < -0.39 is 0 Å². The molecule has 0 bridgehead atoms. The normalized spacial score (nSPS) is 12.6. The third kappa shape index (κ3) is 4.56. The summed E-state index contributed by atoms with van der Waals surface area (Å²) in [5.41, 5.74) is 11.1. The molecule has 2 aromatic heterocycles. The molecule has 0 spiro atoms. The lowest BCUT2D eigenvalue weighted by molar-refractivity contribution is 0.617. The third-order valence-corrected chi connectivity index (χ3v) is 9.83. The molecule has 0 saturated carbocycles. The van der Waals surface area contributed by atoms with Gasteiger partial charge < -0.3 is 8.83 Å². The van der Waals surface area contributed by atoms with Crippen molar-refractivity contribution in [2.45, 2.75) is 19.3 Å². The first-order valence-electron chi connectivity index (χ1n) is 16.4. The summed E-state index contributed by atoms with van der Waals surface area (Å²) in [4.78, 5) is 13.4. The van der Waals surface area contributed by atoms with E-state index in [4.69, 9.17) is 25.4 Å². The number of oxazole rings is 2. The van der Waals surface area contributed by atoms with E-state index in [1.165, 1.54) is 11.1 Å². The maximum absolute atomic E-state index is 10.9. The van der Waals surface area contributed by atoms with E-state index >= 15 is 0 Å². The molecule has 1 aliphatic carbocycles. The van der Waals surface area contributed by atoms with Crippen LogP contribution in [0.1, 0.15) is 36.1 Å². The van der Waals surface area contributed by atoms with Crippen LogP contribution >= 0.6 is 0 Å². The number of benzene rings is 6. The van der Waals surface area contributed by atoms with Gasteiger partial charge in [0.2, 0.25) is 11.8 Å². The molecule has 0 unspecified atom stereocenters. The monoisotopic (exact) mass is 655 g/mol. The topological polar surface area (TPSA) is 104 Å². The lowest BCUT2D eigenvalue weighted by Crippen LogP contribution is -2.15. The molecule has 1 aliphatic rings. The maximum Gasteiger partial charge on any atom is 0.227 e. The SMILES string of the molecule is [C-]#[N+]c1cc(C#N)c(-c2ccc3c(c2)C(C)(C)c2ccccc2-3)c(C#N)c1-c1cc(-c2nc3ccccc3o2)cc(-c2nc3ccccc3o2)c1. The highest BCUT2D eigenvalue weighted by molar-refractivity contribution is 5.96. The Hall–Kier alpha value is -7.27. The number of para-hydroxylation sites is 4. The molecule has 9 rings (SSSR count). The minimum atomic E-state index is -0.288. The summed E-state index contributed by atoms with van der Waals surface area (Å²) in [5, 5.41) is 21.4. The Morgan fingerprint density at radius 2 is 1.20 bits per heavy atom. The van der Waals surface area contributed by atoms with Crippen LogP contribution in [0.15, 0.2) is 124 Å². The van der Waals surface area contributed by atoms with Crippen molar-refractivity contribution in [2.24, 2.45) is 0 Å². The van der Waals surface area contributed by atoms with Crippen molar-refractivity contribution in [1.82, 2.24) is 9.97 Å². The first kappa shape index (κ1) is 29.8. The molecule has 8 aromatic rings. The summed E-state index contributed by atoms with van der Waals surface area (Å²) in [5.74, 6) is 0.736. The van der Waals surface area contributed by atoms with Crippen molar-refractivity contribution in [3.05, 3.63) is 149 Å². The summed E-state index contributed by atoms with van der Waals surface area (Å²) in [6, 6.07) is 41.4. The summed E-state index contributed by atoms with van der Waals surface area (Å²) in [6.45, 7) is 12.6. The molecule has 0 radical (unpaired) electrons. The van der Waals surface area contributed by atoms with E-state index in [-0.39, 0.29) is 22.2 Å². The molecule has 0 saturated heterocycles. The molecule has 0 fully saturated rings. The number of nitrogens with zero attached hydrogens (tertiary/aromatic N) is 5. The molecule has 0 N–H and O–H groups in total. The fourth-order valence-corrected chi connectivity index (χ4v) is 7.42. The summed E-state index contributed by atoms with van der Waals surface area (Å²) in [6.07, 6.45) is 0. The first-order chi connectivity index (χ1) is 24.9. The van der Waals surface area contributed by atoms with Gasteiger partial charge in [-0.05, 0) is 88.0 Å². The van der Waals surface area contributed by atoms with Crippen molar-refractivity contribution < 1.29 is 8.83 Å². The predicted octanol–water partition coefficient (Wildman–Crippen LogP) is 11.2. The van der Waals surface area contributed by atoms with Crippen LogP contribution in [0.4, 0.5) is 5.69 Å². The van der Waals surface area contributed by atoms with Gasteiger partial charge in [0.1, 0.15) is 11.0 Å². The van der Waals surface area contributed by atoms with Crippen molar-refractivity contribution in [1.29, 1.82) is 10.5 Å². The van der Waals surface area contributed by atoms with E-state index in [1.807, 2.05) is 78.9 Å². The van der Waals surface area contributed by atoms with Gasteiger partial charge in [0.15, 0.2) is 16.9 Å². The predicted molar refractivity (Wildman–Crippen MR) is 197 cm³/mol. The molecule has 6 aromatic carbocycles. The van der Waals surface area contributed by atoms with Crippen LogP contribution in [0, 0.1) is 29.2 Å². The highest BCUT2D eigenvalue weighted by Crippen LogP contribution is 2.51. The number of fused-ring (bicyclic) bond motifs is 5. The van der Waals surface area contributed by atoms with Crippen LogP contribution < -0.4 is 0 Å². The lowest BCUT2D eigenvalue weighted by Gasteiger charge is -2.22. The van der Waals surface area contributed by atoms with Crippen LogP contribution in [-0.2, 0) is 5.41 Å². The largest absolute Gasteiger partial charge is 0.436 e. The molecular formula is C44H25N5O2. The highest BCUT2D eigenvalue weighted by atomic mass is 16.4. The average Bonchev–Trinajstić information content (AvgIpc) is 3.87. The van der Waals surface area contributed by atoms with Crippen molar-refractivity contribution >= 4 is 27.9 Å². The average molecular weight is 656 g/mol. The fourth-order valence-electron chi connectivity index (χ4n) is 7.42. The van der Waals surface area contributed by atoms with Gasteiger partial charge in [-0.2, -0.15) is 10.5 Å². The number of hydrogen-bond acceptors (Lipinski definition) is 6. The maximum atomic E-state index is 10.9. The molecule has 51 heavy (non-hydrogen) atoms. The smallest absolute Gasteiger partial charge is 0.227 e. The third-order valence-electron chi connectivity index (χ3n) is 9.83. The van der Waals surface area contributed by atoms with E-state index in [0.29, 0.717) is 61.8 Å². The van der Waals surface area contributed by atoms with Crippen LogP contribution in [0.2, 0.25) is 0 Å². The van der Waals surface area contributed by atoms with E-state index in [0.717, 1.165) is 16.7 Å². The quantitative estimate of drug-likeness (QED) is 0.175. The minimum absolute atomic E-state index is 0.180. The highest BCUT2D eigenvalue weighted by Gasteiger charge is 2.36. The Morgan fingerprint density at radius 3 is 1.80 bits per heavy atom. The Morgan fingerprint density at radius 1 is 0.608 bits per heavy atom. The Bertz CT molecular complexity index is 2730. The van der Waals surface area contributed by atoms with Gasteiger partial charge in [0.05, 0.1) is 29.8 Å². The van der Waals surface area contributed by atoms with Gasteiger partial charge in [0, 0.05) is 27.7 Å². The summed E-state index contributed by atoms with van der Waals surface area (Å²) >= 11 is 0. The van der Waals surface area contributed by atoms with Crippen molar-refractivity contribution in [3.8, 4) is 68.4 Å². The van der Waals surface area contributed by atoms with Gasteiger partial charge in [-0.1, -0.05) is 74.5 Å². The van der Waals surface area contributed by atoms with E-state index in [9.17, 15) is 10.5 Å². The number of nitriles is 2. The Kier molecular flexibility index (Phi) is 6.52. The van der Waals surface area contributed by atoms with Crippen LogP contribution in [0.25, 0.3) is 83.3 Å². The molecule has 2 heterocycles. The van der Waals surface area contributed by atoms with E-state index in [2.05, 4.69) is 61.2 Å². The second-order valence-electron chi connectivity index (χ2n) is 13.1. The van der Waals surface area contributed by atoms with Crippen molar-refractivity contribution in [2.75, 3.05) is 0 Å². The second kappa shape index (κ2) is 11.1. The number of aromatic nitrogens is 2. The molecular weight excluding hydrogens is 631 g/mol. The van der Waals surface area contributed by atoms with Crippen molar-refractivity contribution in [3.63, 3.8) is 0 Å². The standard InChI is InChI=1S/C44H25N5O2/c1-44(2)33-11-5-4-10-30(33)31-17-16-25(21-34(31)44)40-29(23-45)22-37(47-3)41(32(40)24-46)26-18-27(42-48-35-12-6-8-14-38(35)50-42)20-28(19-26)43-49-36-13-7-9-15-39(36)51-43/h4-22H,1-2H3. The molecule has 7 heteroatoms. The Labute approximate surface area is 293 Å². The van der Waals surface area contributed by atoms with Crippen LogP contribution in [0.5, 0.6) is 0 Å². The molecule has 7 nitrogen and oxygen atoms in total. The van der Waals surface area contributed by atoms with E-state index in [1.54, 1.807) is 6.07 Å². The van der Waals surface area contributed by atoms with Gasteiger partial charge in [0.25, 0.3) is 0 Å². The zero-order valence-corrected chi connectivity index (χ0v) is 27.5. The Balaban J connectivity index is 1.30. The number of hydrogen-bond donors (Lipinski definition) is 0. The zero-order valence-electron chi connectivity index (χ0n) is 27.5. The number of rotatable bonds is 4. The molecule has 0 aliphatic heterocycles. The van der Waals surface area contributed by atoms with Crippen LogP contribution in [0.3, 0.4) is 0 Å². The second-order valence-corrected chi connectivity index (χ2v) is 13.1. The summed E-state index contributed by atoms with van der Waals surface area (Å²) in [7, 11) is 0. The van der Waals surface area contributed by atoms with Gasteiger partial charge >= 0.3 is 0 Å². The minimum Gasteiger partial charge on any atom is -0.436 e. The van der Waals surface area contributed by atoms with Gasteiger partial charge in [-0.15, -0.1) is 0 Å². The first-order valence-corrected chi connectivity index (χ1v) is 16.4. The van der Waals surface area contributed by atoms with Gasteiger partial charge in [-0.25, -0.2) is 14.8 Å². The molecule has 0 amide bonds. The summed E-state index contributed by atoms with van der Waals surface area (Å²) < 4.78 is 12.4. The lowest BCUT2D eigenvalue weighted by atomic mass is 9.80. The molecule has 0 atom stereocenters. The molecule has 238 valence electrons. The fraction of sp³-hybridized carbons (Fsp3) is 0.0682. The van der Waals surface area contributed by atoms with Gasteiger partial charge in [-0.3, -0.25) is 0 Å². The van der Waals surface area contributed by atoms with Crippen LogP contribution in [-0.4, -0.2) is 9.97 Å². The zero-order chi connectivity index (χ0) is 34.9.